The van der Waals surface area contributed by atoms with Crippen molar-refractivity contribution < 1.29 is 13.9 Å². The molecule has 1 atom stereocenters. The molecule has 2 aromatic rings. The van der Waals surface area contributed by atoms with E-state index in [2.05, 4.69) is 4.98 Å². The molecule has 0 spiro atoms. The van der Waals surface area contributed by atoms with Crippen molar-refractivity contribution in [2.24, 2.45) is 0 Å². The Kier molecular flexibility index (Phi) is 3.32. The summed E-state index contributed by atoms with van der Waals surface area (Å²) in [6.07, 6.45) is 2.33. The first-order chi connectivity index (χ1) is 8.41. The minimum atomic E-state index is -1.62. The SMILES string of the molecule is CC(O)(c1cncc(F)c1)c1cc(F)ccc1Cl. The zero-order chi connectivity index (χ0) is 13.3. The first-order valence-corrected chi connectivity index (χ1v) is 5.58. The molecule has 5 heteroatoms. The molecule has 1 heterocycles. The molecule has 1 unspecified atom stereocenters. The fraction of sp³-hybridized carbons (Fsp3) is 0.154. The van der Waals surface area contributed by atoms with Crippen LogP contribution in [0.3, 0.4) is 0 Å². The van der Waals surface area contributed by atoms with Crippen LogP contribution in [0, 0.1) is 11.6 Å². The van der Waals surface area contributed by atoms with Crippen molar-refractivity contribution in [1.82, 2.24) is 4.98 Å². The van der Waals surface area contributed by atoms with Crippen LogP contribution in [0.25, 0.3) is 0 Å². The maximum atomic E-state index is 13.2. The van der Waals surface area contributed by atoms with E-state index in [1.54, 1.807) is 0 Å². The van der Waals surface area contributed by atoms with Crippen LogP contribution in [0.4, 0.5) is 8.78 Å². The monoisotopic (exact) mass is 269 g/mol. The van der Waals surface area contributed by atoms with Gasteiger partial charge < -0.3 is 5.11 Å². The number of hydrogen-bond donors (Lipinski definition) is 1. The number of aromatic nitrogens is 1. The van der Waals surface area contributed by atoms with Crippen LogP contribution < -0.4 is 0 Å². The third-order valence-corrected chi connectivity index (χ3v) is 3.05. The van der Waals surface area contributed by atoms with Gasteiger partial charge in [-0.1, -0.05) is 11.6 Å². The van der Waals surface area contributed by atoms with Crippen molar-refractivity contribution in [3.63, 3.8) is 0 Å². The highest BCUT2D eigenvalue weighted by Gasteiger charge is 2.29. The van der Waals surface area contributed by atoms with Crippen LogP contribution in [0.15, 0.2) is 36.7 Å². The molecule has 0 radical (unpaired) electrons. The lowest BCUT2D eigenvalue weighted by atomic mass is 9.89. The number of nitrogens with zero attached hydrogens (tertiary/aromatic N) is 1. The number of pyridine rings is 1. The number of hydrogen-bond acceptors (Lipinski definition) is 2. The Morgan fingerprint density at radius 1 is 1.17 bits per heavy atom. The lowest BCUT2D eigenvalue weighted by Crippen LogP contribution is -2.24. The summed E-state index contributed by atoms with van der Waals surface area (Å²) in [6.45, 7) is 1.41. The fourth-order valence-corrected chi connectivity index (χ4v) is 2.01. The molecule has 2 rings (SSSR count). The molecule has 0 bridgehead atoms. The zero-order valence-electron chi connectivity index (χ0n) is 9.49. The number of benzene rings is 1. The molecule has 2 nitrogen and oxygen atoms in total. The summed E-state index contributed by atoms with van der Waals surface area (Å²) in [5, 5.41) is 10.6. The van der Waals surface area contributed by atoms with Gasteiger partial charge in [-0.15, -0.1) is 0 Å². The fourth-order valence-electron chi connectivity index (χ4n) is 1.70. The van der Waals surface area contributed by atoms with E-state index in [4.69, 9.17) is 11.6 Å². The summed E-state index contributed by atoms with van der Waals surface area (Å²) in [7, 11) is 0. The van der Waals surface area contributed by atoms with Crippen LogP contribution in [0.1, 0.15) is 18.1 Å². The van der Waals surface area contributed by atoms with E-state index in [1.807, 2.05) is 0 Å². The Balaban J connectivity index is 2.57. The minimum Gasteiger partial charge on any atom is -0.381 e. The molecule has 0 saturated carbocycles. The van der Waals surface area contributed by atoms with Gasteiger partial charge in [0.1, 0.15) is 17.2 Å². The molecule has 0 saturated heterocycles. The number of aliphatic hydroxyl groups is 1. The van der Waals surface area contributed by atoms with Crippen LogP contribution in [0.2, 0.25) is 5.02 Å². The van der Waals surface area contributed by atoms with Gasteiger partial charge in [0.15, 0.2) is 0 Å². The average Bonchev–Trinajstić information content (AvgIpc) is 2.32. The van der Waals surface area contributed by atoms with Crippen molar-refractivity contribution in [3.8, 4) is 0 Å². The van der Waals surface area contributed by atoms with Gasteiger partial charge in [0.2, 0.25) is 0 Å². The summed E-state index contributed by atoms with van der Waals surface area (Å²) in [4.78, 5) is 3.66. The van der Waals surface area contributed by atoms with Gasteiger partial charge in [0.05, 0.1) is 6.20 Å². The molecular formula is C13H10ClF2NO. The van der Waals surface area contributed by atoms with Gasteiger partial charge in [-0.2, -0.15) is 0 Å². The van der Waals surface area contributed by atoms with Gasteiger partial charge in [0, 0.05) is 22.3 Å². The molecule has 1 N–H and O–H groups in total. The lowest BCUT2D eigenvalue weighted by Gasteiger charge is -2.25. The molecule has 0 amide bonds. The first-order valence-electron chi connectivity index (χ1n) is 5.20. The minimum absolute atomic E-state index is 0.163. The Labute approximate surface area is 108 Å². The van der Waals surface area contributed by atoms with Crippen LogP contribution in [-0.4, -0.2) is 10.1 Å². The van der Waals surface area contributed by atoms with E-state index in [-0.39, 0.29) is 16.1 Å². The smallest absolute Gasteiger partial charge is 0.141 e. The van der Waals surface area contributed by atoms with E-state index < -0.39 is 17.2 Å². The van der Waals surface area contributed by atoms with Crippen molar-refractivity contribution in [1.29, 1.82) is 0 Å². The molecule has 0 aliphatic rings. The molecule has 18 heavy (non-hydrogen) atoms. The van der Waals surface area contributed by atoms with Gasteiger partial charge in [0.25, 0.3) is 0 Å². The topological polar surface area (TPSA) is 33.1 Å². The third kappa shape index (κ3) is 2.35. The predicted octanol–water partition coefficient (Wildman–Crippen LogP) is 3.27. The predicted molar refractivity (Wildman–Crippen MR) is 64.3 cm³/mol. The largest absolute Gasteiger partial charge is 0.381 e. The molecule has 0 aliphatic heterocycles. The van der Waals surface area contributed by atoms with Crippen molar-refractivity contribution in [2.75, 3.05) is 0 Å². The standard InChI is InChI=1S/C13H10ClF2NO/c1-13(18,8-4-10(16)7-17-6-8)11-5-9(15)2-3-12(11)14/h2-7,18H,1H3. The van der Waals surface area contributed by atoms with E-state index >= 15 is 0 Å². The molecule has 0 fully saturated rings. The Morgan fingerprint density at radius 3 is 2.56 bits per heavy atom. The van der Waals surface area contributed by atoms with E-state index in [0.717, 1.165) is 18.3 Å². The first kappa shape index (κ1) is 12.9. The van der Waals surface area contributed by atoms with Gasteiger partial charge >= 0.3 is 0 Å². The quantitative estimate of drug-likeness (QED) is 0.908. The number of halogens is 3. The molecular weight excluding hydrogens is 260 g/mol. The van der Waals surface area contributed by atoms with E-state index in [1.165, 1.54) is 25.3 Å². The van der Waals surface area contributed by atoms with Crippen molar-refractivity contribution >= 4 is 11.6 Å². The van der Waals surface area contributed by atoms with Crippen LogP contribution >= 0.6 is 11.6 Å². The molecule has 1 aromatic carbocycles. The summed E-state index contributed by atoms with van der Waals surface area (Å²) in [5.74, 6) is -1.11. The maximum Gasteiger partial charge on any atom is 0.141 e. The van der Waals surface area contributed by atoms with E-state index in [9.17, 15) is 13.9 Å². The number of rotatable bonds is 2. The Morgan fingerprint density at radius 2 is 1.89 bits per heavy atom. The highest BCUT2D eigenvalue weighted by molar-refractivity contribution is 6.31. The zero-order valence-corrected chi connectivity index (χ0v) is 10.2. The molecule has 1 aromatic heterocycles. The Hall–Kier alpha value is -1.52. The normalized spacial score (nSPS) is 14.3. The van der Waals surface area contributed by atoms with Crippen molar-refractivity contribution in [2.45, 2.75) is 12.5 Å². The second-order valence-corrected chi connectivity index (χ2v) is 4.50. The second kappa shape index (κ2) is 4.63. The summed E-state index contributed by atoms with van der Waals surface area (Å²) in [6, 6.07) is 4.78. The molecule has 94 valence electrons. The van der Waals surface area contributed by atoms with E-state index in [0.29, 0.717) is 0 Å². The maximum absolute atomic E-state index is 13.2. The third-order valence-electron chi connectivity index (χ3n) is 2.72. The van der Waals surface area contributed by atoms with Gasteiger partial charge in [-0.05, 0) is 31.2 Å². The lowest BCUT2D eigenvalue weighted by molar-refractivity contribution is 0.101. The second-order valence-electron chi connectivity index (χ2n) is 4.09. The summed E-state index contributed by atoms with van der Waals surface area (Å²) < 4.78 is 26.3. The highest BCUT2D eigenvalue weighted by atomic mass is 35.5. The summed E-state index contributed by atoms with van der Waals surface area (Å²) in [5.41, 5.74) is -1.25. The Bertz CT molecular complexity index is 587. The van der Waals surface area contributed by atoms with Crippen molar-refractivity contribution in [3.05, 3.63) is 64.4 Å². The van der Waals surface area contributed by atoms with Gasteiger partial charge in [-0.3, -0.25) is 4.98 Å². The van der Waals surface area contributed by atoms with Crippen LogP contribution in [0.5, 0.6) is 0 Å². The highest BCUT2D eigenvalue weighted by Crippen LogP contribution is 2.34. The summed E-state index contributed by atoms with van der Waals surface area (Å²) >= 11 is 5.93. The van der Waals surface area contributed by atoms with Crippen LogP contribution in [-0.2, 0) is 5.60 Å². The van der Waals surface area contributed by atoms with Gasteiger partial charge in [-0.25, -0.2) is 8.78 Å². The molecule has 0 aliphatic carbocycles. The average molecular weight is 270 g/mol.